The molecule has 0 saturated heterocycles. The van der Waals surface area contributed by atoms with Gasteiger partial charge in [0.25, 0.3) is 0 Å². The van der Waals surface area contributed by atoms with Gasteiger partial charge in [-0.1, -0.05) is 60.7 Å². The van der Waals surface area contributed by atoms with Crippen LogP contribution in [0.2, 0.25) is 0 Å². The van der Waals surface area contributed by atoms with Gasteiger partial charge in [0.05, 0.1) is 0 Å². The maximum atomic E-state index is 14.4. The van der Waals surface area contributed by atoms with Crippen LogP contribution in [0.15, 0.2) is 84.9 Å². The van der Waals surface area contributed by atoms with Crippen molar-refractivity contribution in [2.24, 2.45) is 0 Å². The Kier molecular flexibility index (Phi) is 5.30. The van der Waals surface area contributed by atoms with E-state index in [1.807, 2.05) is 0 Å². The molecule has 0 heterocycles. The summed E-state index contributed by atoms with van der Waals surface area (Å²) in [6.45, 7) is 0. The van der Waals surface area contributed by atoms with Gasteiger partial charge in [-0.15, -0.1) is 0 Å². The fourth-order valence-electron chi connectivity index (χ4n) is 3.24. The largest absolute Gasteiger partial charge is 0.396 e. The van der Waals surface area contributed by atoms with Crippen molar-refractivity contribution in [1.82, 2.24) is 0 Å². The van der Waals surface area contributed by atoms with Crippen LogP contribution in [-0.2, 0) is 9.59 Å². The van der Waals surface area contributed by atoms with Gasteiger partial charge in [0, 0.05) is 11.4 Å². The third-order valence-electron chi connectivity index (χ3n) is 4.98. The molecule has 4 nitrogen and oxygen atoms in total. The SMILES string of the molecule is O=C(Nc1ccc2ccccc2c1)C(F)(F)C(F)(F)C(=O)Nc1ccc2ccccc2c1. The first kappa shape index (κ1) is 21.3. The van der Waals surface area contributed by atoms with Crippen molar-refractivity contribution in [3.05, 3.63) is 84.9 Å². The van der Waals surface area contributed by atoms with E-state index in [0.717, 1.165) is 10.8 Å². The Morgan fingerprint density at radius 3 is 1.25 bits per heavy atom. The first-order valence-electron chi connectivity index (χ1n) is 9.54. The zero-order valence-electron chi connectivity index (χ0n) is 16.4. The summed E-state index contributed by atoms with van der Waals surface area (Å²) in [5.74, 6) is -15.2. The molecule has 0 atom stereocenters. The lowest BCUT2D eigenvalue weighted by molar-refractivity contribution is -0.204. The Balaban J connectivity index is 1.52. The van der Waals surface area contributed by atoms with E-state index in [2.05, 4.69) is 0 Å². The number of anilines is 2. The Labute approximate surface area is 179 Å². The molecule has 2 N–H and O–H groups in total. The van der Waals surface area contributed by atoms with Crippen LogP contribution in [0.3, 0.4) is 0 Å². The molecule has 0 aliphatic rings. The molecule has 2 amide bonds. The summed E-state index contributed by atoms with van der Waals surface area (Å²) in [6.07, 6.45) is 0. The van der Waals surface area contributed by atoms with Crippen molar-refractivity contribution in [2.45, 2.75) is 11.8 Å². The van der Waals surface area contributed by atoms with E-state index in [4.69, 9.17) is 0 Å². The molecule has 0 spiro atoms. The fraction of sp³-hybridized carbons (Fsp3) is 0.0833. The summed E-state index contributed by atoms with van der Waals surface area (Å²) in [6, 6.07) is 22.3. The highest BCUT2D eigenvalue weighted by Crippen LogP contribution is 2.37. The number of amides is 2. The lowest BCUT2D eigenvalue weighted by Gasteiger charge is -2.24. The lowest BCUT2D eigenvalue weighted by Crippen LogP contribution is -2.56. The van der Waals surface area contributed by atoms with Gasteiger partial charge in [-0.25, -0.2) is 0 Å². The van der Waals surface area contributed by atoms with Crippen LogP contribution in [0.5, 0.6) is 0 Å². The molecular formula is C24H16F4N2O2. The number of fused-ring (bicyclic) bond motifs is 2. The molecule has 0 fully saturated rings. The van der Waals surface area contributed by atoms with E-state index < -0.39 is 23.7 Å². The first-order chi connectivity index (χ1) is 15.2. The summed E-state index contributed by atoms with van der Waals surface area (Å²) in [7, 11) is 0. The highest BCUT2D eigenvalue weighted by atomic mass is 19.3. The second kappa shape index (κ2) is 7.96. The van der Waals surface area contributed by atoms with Gasteiger partial charge in [-0.3, -0.25) is 9.59 Å². The van der Waals surface area contributed by atoms with Crippen LogP contribution in [0, 0.1) is 0 Å². The minimum Gasteiger partial charge on any atom is -0.321 e. The minimum atomic E-state index is -5.29. The van der Waals surface area contributed by atoms with E-state index in [9.17, 15) is 27.2 Å². The number of carbonyl (C=O) groups is 2. The summed E-state index contributed by atoms with van der Waals surface area (Å²) in [4.78, 5) is 24.1. The van der Waals surface area contributed by atoms with Crippen LogP contribution in [0.1, 0.15) is 0 Å². The van der Waals surface area contributed by atoms with Crippen LogP contribution in [0.4, 0.5) is 28.9 Å². The molecule has 0 unspecified atom stereocenters. The number of benzene rings is 4. The maximum Gasteiger partial charge on any atom is 0.396 e. The molecule has 0 bridgehead atoms. The fourth-order valence-corrected chi connectivity index (χ4v) is 3.24. The molecule has 162 valence electrons. The van der Waals surface area contributed by atoms with Crippen LogP contribution < -0.4 is 10.6 Å². The quantitative estimate of drug-likeness (QED) is 0.383. The van der Waals surface area contributed by atoms with Crippen molar-refractivity contribution < 1.29 is 27.2 Å². The highest BCUT2D eigenvalue weighted by Gasteiger charge is 2.67. The summed E-state index contributed by atoms with van der Waals surface area (Å²) in [5.41, 5.74) is -0.196. The van der Waals surface area contributed by atoms with Gasteiger partial charge in [-0.05, 0) is 45.8 Å². The van der Waals surface area contributed by atoms with Gasteiger partial charge < -0.3 is 10.6 Å². The van der Waals surface area contributed by atoms with E-state index in [1.54, 1.807) is 71.3 Å². The number of alkyl halides is 4. The first-order valence-corrected chi connectivity index (χ1v) is 9.54. The molecule has 0 saturated carbocycles. The topological polar surface area (TPSA) is 58.2 Å². The summed E-state index contributed by atoms with van der Waals surface area (Å²) < 4.78 is 57.5. The van der Waals surface area contributed by atoms with E-state index in [1.165, 1.54) is 24.3 Å². The molecule has 0 radical (unpaired) electrons. The smallest absolute Gasteiger partial charge is 0.321 e. The standard InChI is InChI=1S/C24H16F4N2O2/c25-23(26,21(31)29-19-11-9-15-5-1-3-7-17(15)13-19)24(27,28)22(32)30-20-12-10-16-6-2-4-8-18(16)14-20/h1-14H,(H,29,31)(H,30,32). The number of rotatable bonds is 5. The predicted octanol–water partition coefficient (Wildman–Crippen LogP) is 5.84. The van der Waals surface area contributed by atoms with E-state index in [-0.39, 0.29) is 11.4 Å². The zero-order chi connectivity index (χ0) is 22.9. The molecule has 0 aromatic heterocycles. The molecule has 4 rings (SSSR count). The van der Waals surface area contributed by atoms with Crippen molar-refractivity contribution in [1.29, 1.82) is 0 Å². The molecule has 32 heavy (non-hydrogen) atoms. The number of carbonyl (C=O) groups excluding carboxylic acids is 2. The van der Waals surface area contributed by atoms with Crippen molar-refractivity contribution in [3.63, 3.8) is 0 Å². The summed E-state index contributed by atoms with van der Waals surface area (Å²) in [5, 5.41) is 6.34. The van der Waals surface area contributed by atoms with Gasteiger partial charge in [-0.2, -0.15) is 17.6 Å². The second-order valence-corrected chi connectivity index (χ2v) is 7.18. The molecule has 4 aromatic carbocycles. The average molecular weight is 440 g/mol. The molecule has 8 heteroatoms. The number of hydrogen-bond donors (Lipinski definition) is 2. The minimum absolute atomic E-state index is 0.0980. The Bertz CT molecular complexity index is 1230. The van der Waals surface area contributed by atoms with Crippen LogP contribution >= 0.6 is 0 Å². The number of hydrogen-bond acceptors (Lipinski definition) is 2. The summed E-state index contributed by atoms with van der Waals surface area (Å²) >= 11 is 0. The molecule has 4 aromatic rings. The zero-order valence-corrected chi connectivity index (χ0v) is 16.4. The Hall–Kier alpha value is -3.94. The van der Waals surface area contributed by atoms with Crippen molar-refractivity contribution >= 4 is 44.7 Å². The number of nitrogens with one attached hydrogen (secondary N) is 2. The molecule has 0 aliphatic carbocycles. The molecule has 0 aliphatic heterocycles. The molecular weight excluding hydrogens is 424 g/mol. The monoisotopic (exact) mass is 440 g/mol. The van der Waals surface area contributed by atoms with Crippen LogP contribution in [-0.4, -0.2) is 23.7 Å². The average Bonchev–Trinajstić information content (AvgIpc) is 2.78. The van der Waals surface area contributed by atoms with Crippen molar-refractivity contribution in [2.75, 3.05) is 10.6 Å². The third kappa shape index (κ3) is 3.87. The number of halogens is 4. The highest BCUT2D eigenvalue weighted by molar-refractivity contribution is 6.06. The second-order valence-electron chi connectivity index (χ2n) is 7.18. The van der Waals surface area contributed by atoms with Crippen LogP contribution in [0.25, 0.3) is 21.5 Å². The van der Waals surface area contributed by atoms with Crippen molar-refractivity contribution in [3.8, 4) is 0 Å². The van der Waals surface area contributed by atoms with Gasteiger partial charge in [0.2, 0.25) is 0 Å². The predicted molar refractivity (Wildman–Crippen MR) is 115 cm³/mol. The maximum absolute atomic E-state index is 14.4. The lowest BCUT2D eigenvalue weighted by atomic mass is 10.1. The van der Waals surface area contributed by atoms with Gasteiger partial charge >= 0.3 is 23.7 Å². The van der Waals surface area contributed by atoms with Gasteiger partial charge in [0.15, 0.2) is 0 Å². The third-order valence-corrected chi connectivity index (χ3v) is 4.98. The Morgan fingerprint density at radius 2 is 0.875 bits per heavy atom. The van der Waals surface area contributed by atoms with E-state index in [0.29, 0.717) is 10.8 Å². The normalized spacial score (nSPS) is 12.0. The van der Waals surface area contributed by atoms with Gasteiger partial charge in [0.1, 0.15) is 0 Å². The Morgan fingerprint density at radius 1 is 0.531 bits per heavy atom. The van der Waals surface area contributed by atoms with E-state index >= 15 is 0 Å².